The summed E-state index contributed by atoms with van der Waals surface area (Å²) >= 11 is 0. The fourth-order valence-electron chi connectivity index (χ4n) is 2.88. The van der Waals surface area contributed by atoms with Crippen LogP contribution in [0.15, 0.2) is 18.5 Å². The van der Waals surface area contributed by atoms with Crippen molar-refractivity contribution in [2.75, 3.05) is 18.0 Å². The average Bonchev–Trinajstić information content (AvgIpc) is 3.06. The number of hydrogen-bond acceptors (Lipinski definition) is 4. The van der Waals surface area contributed by atoms with Gasteiger partial charge in [-0.25, -0.2) is 4.98 Å². The predicted molar refractivity (Wildman–Crippen MR) is 78.6 cm³/mol. The Hall–Kier alpha value is -1.82. The first kappa shape index (κ1) is 13.2. The molecule has 0 saturated carbocycles. The van der Waals surface area contributed by atoms with Crippen molar-refractivity contribution in [3.05, 3.63) is 30.0 Å². The summed E-state index contributed by atoms with van der Waals surface area (Å²) in [6.45, 7) is 4.98. The molecule has 3 heterocycles. The maximum atomic E-state index is 4.44. The third-order valence-corrected chi connectivity index (χ3v) is 3.84. The van der Waals surface area contributed by atoms with Gasteiger partial charge in [-0.2, -0.15) is 5.10 Å². The van der Waals surface area contributed by atoms with Crippen LogP contribution in [-0.2, 0) is 13.6 Å². The van der Waals surface area contributed by atoms with Crippen LogP contribution < -0.4 is 10.2 Å². The highest BCUT2D eigenvalue weighted by Gasteiger charge is 2.22. The molecule has 0 aromatic carbocycles. The van der Waals surface area contributed by atoms with Gasteiger partial charge in [0.15, 0.2) is 0 Å². The fraction of sp³-hybridized carbons (Fsp3) is 0.571. The number of rotatable bonds is 4. The molecule has 6 heteroatoms. The molecule has 20 heavy (non-hydrogen) atoms. The maximum Gasteiger partial charge on any atom is 0.126 e. The number of aromatic nitrogens is 4. The molecule has 108 valence electrons. The number of imidazole rings is 1. The Kier molecular flexibility index (Phi) is 3.73. The molecule has 2 aromatic rings. The van der Waals surface area contributed by atoms with Gasteiger partial charge in [0.05, 0.1) is 12.2 Å². The van der Waals surface area contributed by atoms with E-state index in [0.29, 0.717) is 6.04 Å². The number of H-pyrrole nitrogens is 1. The number of aryl methyl sites for hydroxylation is 2. The van der Waals surface area contributed by atoms with Crippen LogP contribution in [0.25, 0.3) is 0 Å². The lowest BCUT2D eigenvalue weighted by atomic mass is 10.1. The maximum absolute atomic E-state index is 4.44. The van der Waals surface area contributed by atoms with E-state index in [0.717, 1.165) is 31.2 Å². The molecule has 1 aliphatic heterocycles. The summed E-state index contributed by atoms with van der Waals surface area (Å²) in [5.41, 5.74) is 1.08. The number of nitrogens with zero attached hydrogens (tertiary/aromatic N) is 4. The van der Waals surface area contributed by atoms with Gasteiger partial charge in [-0.15, -0.1) is 0 Å². The lowest BCUT2D eigenvalue weighted by molar-refractivity contribution is 0.413. The molecule has 0 amide bonds. The van der Waals surface area contributed by atoms with E-state index in [4.69, 9.17) is 0 Å². The Labute approximate surface area is 119 Å². The first-order valence-electron chi connectivity index (χ1n) is 7.19. The highest BCUT2D eigenvalue weighted by Crippen LogP contribution is 2.20. The van der Waals surface area contributed by atoms with E-state index in [2.05, 4.69) is 31.3 Å². The topological polar surface area (TPSA) is 61.8 Å². The van der Waals surface area contributed by atoms with E-state index in [1.807, 2.05) is 24.9 Å². The van der Waals surface area contributed by atoms with Gasteiger partial charge < -0.3 is 15.2 Å². The normalized spacial score (nSPS) is 19.5. The summed E-state index contributed by atoms with van der Waals surface area (Å²) in [5.74, 6) is 2.21. The number of aromatic amines is 1. The second-order valence-corrected chi connectivity index (χ2v) is 5.47. The van der Waals surface area contributed by atoms with Crippen molar-refractivity contribution in [2.24, 2.45) is 7.05 Å². The van der Waals surface area contributed by atoms with Crippen LogP contribution >= 0.6 is 0 Å². The van der Waals surface area contributed by atoms with Crippen molar-refractivity contribution in [1.29, 1.82) is 0 Å². The molecule has 0 radical (unpaired) electrons. The van der Waals surface area contributed by atoms with Crippen molar-refractivity contribution in [3.8, 4) is 0 Å². The Bertz CT molecular complexity index is 544. The fourth-order valence-corrected chi connectivity index (χ4v) is 2.88. The number of nitrogens with one attached hydrogen (secondary N) is 2. The smallest absolute Gasteiger partial charge is 0.126 e. The van der Waals surface area contributed by atoms with Gasteiger partial charge in [0.2, 0.25) is 0 Å². The SMILES string of the molecule is Cc1cc(N2CCCC(NCc3ncc[nH]3)C2)n(C)n1. The molecule has 1 unspecified atom stereocenters. The third-order valence-electron chi connectivity index (χ3n) is 3.84. The molecular formula is C14H22N6. The summed E-state index contributed by atoms with van der Waals surface area (Å²) in [4.78, 5) is 9.80. The van der Waals surface area contributed by atoms with Crippen molar-refractivity contribution < 1.29 is 0 Å². The van der Waals surface area contributed by atoms with Crippen LogP contribution in [0.3, 0.4) is 0 Å². The first-order chi connectivity index (χ1) is 9.72. The molecule has 2 aromatic heterocycles. The molecule has 3 rings (SSSR count). The minimum Gasteiger partial charge on any atom is -0.355 e. The van der Waals surface area contributed by atoms with E-state index in [-0.39, 0.29) is 0 Å². The number of hydrogen-bond donors (Lipinski definition) is 2. The Morgan fingerprint density at radius 3 is 3.10 bits per heavy atom. The van der Waals surface area contributed by atoms with Crippen LogP contribution in [-0.4, -0.2) is 38.9 Å². The van der Waals surface area contributed by atoms with Crippen LogP contribution in [0.2, 0.25) is 0 Å². The van der Waals surface area contributed by atoms with Crippen LogP contribution in [0, 0.1) is 6.92 Å². The largest absolute Gasteiger partial charge is 0.355 e. The zero-order valence-electron chi connectivity index (χ0n) is 12.1. The van der Waals surface area contributed by atoms with E-state index >= 15 is 0 Å². The van der Waals surface area contributed by atoms with E-state index < -0.39 is 0 Å². The molecule has 2 N–H and O–H groups in total. The average molecular weight is 274 g/mol. The molecule has 0 bridgehead atoms. The molecule has 1 saturated heterocycles. The van der Waals surface area contributed by atoms with Gasteiger partial charge in [-0.3, -0.25) is 4.68 Å². The molecule has 1 aliphatic rings. The second-order valence-electron chi connectivity index (χ2n) is 5.47. The third kappa shape index (κ3) is 2.85. The Balaban J connectivity index is 1.60. The number of piperidine rings is 1. The van der Waals surface area contributed by atoms with Crippen LogP contribution in [0.1, 0.15) is 24.4 Å². The first-order valence-corrected chi connectivity index (χ1v) is 7.19. The highest BCUT2D eigenvalue weighted by atomic mass is 15.4. The lowest BCUT2D eigenvalue weighted by Crippen LogP contribution is -2.46. The second kappa shape index (κ2) is 5.66. The molecular weight excluding hydrogens is 252 g/mol. The van der Waals surface area contributed by atoms with Crippen molar-refractivity contribution in [2.45, 2.75) is 32.4 Å². The molecule has 1 fully saturated rings. The highest BCUT2D eigenvalue weighted by molar-refractivity contribution is 5.41. The van der Waals surface area contributed by atoms with Crippen molar-refractivity contribution in [3.63, 3.8) is 0 Å². The monoisotopic (exact) mass is 274 g/mol. The Morgan fingerprint density at radius 1 is 1.50 bits per heavy atom. The lowest BCUT2D eigenvalue weighted by Gasteiger charge is -2.34. The molecule has 0 spiro atoms. The van der Waals surface area contributed by atoms with Gasteiger partial charge in [0, 0.05) is 44.6 Å². The quantitative estimate of drug-likeness (QED) is 0.880. The van der Waals surface area contributed by atoms with Crippen LogP contribution in [0.4, 0.5) is 5.82 Å². The molecule has 6 nitrogen and oxygen atoms in total. The van der Waals surface area contributed by atoms with Gasteiger partial charge in [-0.1, -0.05) is 0 Å². The summed E-state index contributed by atoms with van der Waals surface area (Å²) in [6.07, 6.45) is 6.08. The van der Waals surface area contributed by atoms with E-state index in [9.17, 15) is 0 Å². The summed E-state index contributed by atoms with van der Waals surface area (Å²) in [5, 5.41) is 8.02. The minimum atomic E-state index is 0.504. The Morgan fingerprint density at radius 2 is 2.40 bits per heavy atom. The van der Waals surface area contributed by atoms with Gasteiger partial charge >= 0.3 is 0 Å². The van der Waals surface area contributed by atoms with Gasteiger partial charge in [0.1, 0.15) is 11.6 Å². The molecule has 1 atom stereocenters. The summed E-state index contributed by atoms with van der Waals surface area (Å²) < 4.78 is 1.98. The zero-order valence-corrected chi connectivity index (χ0v) is 12.1. The molecule has 0 aliphatic carbocycles. The number of anilines is 1. The van der Waals surface area contributed by atoms with E-state index in [1.54, 1.807) is 6.20 Å². The predicted octanol–water partition coefficient (Wildman–Crippen LogP) is 1.21. The van der Waals surface area contributed by atoms with Gasteiger partial charge in [-0.05, 0) is 19.8 Å². The zero-order chi connectivity index (χ0) is 13.9. The van der Waals surface area contributed by atoms with Crippen LogP contribution in [0.5, 0.6) is 0 Å². The standard InChI is InChI=1S/C14H22N6/c1-11-8-14(19(2)18-11)20-7-3-4-12(10-20)17-9-13-15-5-6-16-13/h5-6,8,12,17H,3-4,7,9-10H2,1-2H3,(H,15,16). The summed E-state index contributed by atoms with van der Waals surface area (Å²) in [6, 6.07) is 2.67. The van der Waals surface area contributed by atoms with Gasteiger partial charge in [0.25, 0.3) is 0 Å². The van der Waals surface area contributed by atoms with Crippen molar-refractivity contribution >= 4 is 5.82 Å². The van der Waals surface area contributed by atoms with Crippen molar-refractivity contribution in [1.82, 2.24) is 25.1 Å². The summed E-state index contributed by atoms with van der Waals surface area (Å²) in [7, 11) is 2.02. The minimum absolute atomic E-state index is 0.504. The van der Waals surface area contributed by atoms with E-state index in [1.165, 1.54) is 18.7 Å².